The minimum Gasteiger partial charge on any atom is -0.467 e. The molecule has 0 aliphatic heterocycles. The van der Waals surface area contributed by atoms with Crippen molar-refractivity contribution in [1.29, 1.82) is 0 Å². The molecule has 11 nitrogen and oxygen atoms in total. The van der Waals surface area contributed by atoms with Crippen LogP contribution in [0.4, 0.5) is 5.82 Å². The number of aromatic nitrogens is 4. The van der Waals surface area contributed by atoms with Crippen LogP contribution in [0.1, 0.15) is 42.5 Å². The molecule has 1 saturated carbocycles. The van der Waals surface area contributed by atoms with Crippen LogP contribution in [0.15, 0.2) is 54.9 Å². The molecule has 3 aromatic heterocycles. The molecule has 1 aliphatic rings. The van der Waals surface area contributed by atoms with Crippen molar-refractivity contribution in [1.82, 2.24) is 19.7 Å². The van der Waals surface area contributed by atoms with Gasteiger partial charge in [-0.3, -0.25) is 9.78 Å². The molecule has 1 amide bonds. The highest BCUT2D eigenvalue weighted by Crippen LogP contribution is 2.37. The van der Waals surface area contributed by atoms with Crippen molar-refractivity contribution in [2.75, 3.05) is 12.1 Å². The molecule has 0 saturated heterocycles. The number of fused-ring (bicyclic) bond motifs is 1. The number of anilines is 1. The van der Waals surface area contributed by atoms with Gasteiger partial charge in [0.15, 0.2) is 18.3 Å². The first-order chi connectivity index (χ1) is 18.8. The topological polar surface area (TPSA) is 149 Å². The molecule has 0 atom stereocenters. The predicted molar refractivity (Wildman–Crippen MR) is 145 cm³/mol. The van der Waals surface area contributed by atoms with Gasteiger partial charge in [0.25, 0.3) is 5.91 Å². The van der Waals surface area contributed by atoms with Crippen molar-refractivity contribution in [3.05, 3.63) is 65.4 Å². The molecule has 1 fully saturated rings. The molecule has 0 spiro atoms. The number of phosphoric ester groups is 1. The predicted octanol–water partition coefficient (Wildman–Crippen LogP) is 5.42. The molecule has 1 aromatic carbocycles. The van der Waals surface area contributed by atoms with Gasteiger partial charge >= 0.3 is 7.82 Å². The third kappa shape index (κ3) is 7.20. The van der Waals surface area contributed by atoms with Gasteiger partial charge < -0.3 is 19.8 Å². The smallest absolute Gasteiger partial charge is 0.467 e. The minimum absolute atomic E-state index is 0.332. The fourth-order valence-electron chi connectivity index (χ4n) is 4.17. The summed E-state index contributed by atoms with van der Waals surface area (Å²) in [5.41, 5.74) is 2.23. The largest absolute Gasteiger partial charge is 0.472 e. The molecule has 0 bridgehead atoms. The van der Waals surface area contributed by atoms with Crippen LogP contribution >= 0.6 is 19.4 Å². The summed E-state index contributed by atoms with van der Waals surface area (Å²) in [5, 5.41) is 8.54. The maximum absolute atomic E-state index is 12.8. The van der Waals surface area contributed by atoms with Gasteiger partial charge in [-0.05, 0) is 54.8 Å². The van der Waals surface area contributed by atoms with E-state index in [1.54, 1.807) is 53.3 Å². The average molecular weight is 572 g/mol. The number of carbonyl (C=O) groups is 1. The molecule has 13 heteroatoms. The Hall–Kier alpha value is -3.34. The number of pyridine rings is 2. The van der Waals surface area contributed by atoms with Crippen molar-refractivity contribution in [2.45, 2.75) is 38.6 Å². The zero-order chi connectivity index (χ0) is 27.4. The first kappa shape index (κ1) is 27.2. The molecule has 204 valence electrons. The Morgan fingerprint density at radius 3 is 2.67 bits per heavy atom. The van der Waals surface area contributed by atoms with E-state index >= 15 is 0 Å². The molecule has 4 aromatic rings. The van der Waals surface area contributed by atoms with E-state index < -0.39 is 14.6 Å². The van der Waals surface area contributed by atoms with Gasteiger partial charge in [0, 0.05) is 24.5 Å². The van der Waals surface area contributed by atoms with Gasteiger partial charge in [-0.25, -0.2) is 18.8 Å². The van der Waals surface area contributed by atoms with Crippen molar-refractivity contribution in [3.63, 3.8) is 0 Å². The number of carbonyl (C=O) groups excluding carboxylic acids is 1. The van der Waals surface area contributed by atoms with Gasteiger partial charge in [-0.1, -0.05) is 37.3 Å². The van der Waals surface area contributed by atoms with E-state index in [2.05, 4.69) is 19.9 Å². The van der Waals surface area contributed by atoms with Crippen LogP contribution in [0.3, 0.4) is 0 Å². The average Bonchev–Trinajstić information content (AvgIpc) is 3.69. The van der Waals surface area contributed by atoms with E-state index in [0.717, 1.165) is 18.8 Å². The Labute approximate surface area is 229 Å². The summed E-state index contributed by atoms with van der Waals surface area (Å²) in [5.74, 6) is 1.25. The van der Waals surface area contributed by atoms with E-state index in [4.69, 9.17) is 31.1 Å². The molecule has 0 radical (unpaired) electrons. The molecular weight excluding hydrogens is 545 g/mol. The summed E-state index contributed by atoms with van der Waals surface area (Å²) < 4.78 is 22.2. The van der Waals surface area contributed by atoms with Crippen LogP contribution in [0.2, 0.25) is 5.02 Å². The lowest BCUT2D eigenvalue weighted by Gasteiger charge is -2.09. The van der Waals surface area contributed by atoms with Crippen LogP contribution in [0.25, 0.3) is 22.3 Å². The highest BCUT2D eigenvalue weighted by Gasteiger charge is 2.21. The summed E-state index contributed by atoms with van der Waals surface area (Å²) in [4.78, 5) is 39.2. The molecule has 0 unspecified atom stereocenters. The standard InChI is InChI=1S/C26H27ClN5O6P/c27-22-14-21-24(30-26(33)19-5-3-12-28-15-19)31-32(13-2-1-4-17-6-7-17)25(21)29-23(22)18-8-10-20(11-9-18)37-16-38-39(34,35)36/h3,5,8-12,14-15,17H,1-2,4,6-7,13,16H2,(H,30,31,33)(H2,34,35,36). The summed E-state index contributed by atoms with van der Waals surface area (Å²) in [6, 6.07) is 11.8. The number of nitrogens with zero attached hydrogens (tertiary/aromatic N) is 4. The monoisotopic (exact) mass is 571 g/mol. The lowest BCUT2D eigenvalue weighted by atomic mass is 10.1. The first-order valence-electron chi connectivity index (χ1n) is 12.5. The number of hydrogen-bond donors (Lipinski definition) is 3. The second-order valence-corrected chi connectivity index (χ2v) is 10.9. The Bertz CT molecular complexity index is 1510. The van der Waals surface area contributed by atoms with Gasteiger partial charge in [0.05, 0.1) is 21.7 Å². The number of hydrogen-bond acceptors (Lipinski definition) is 7. The van der Waals surface area contributed by atoms with Gasteiger partial charge in [0.1, 0.15) is 5.75 Å². The molecule has 39 heavy (non-hydrogen) atoms. The van der Waals surface area contributed by atoms with E-state index in [9.17, 15) is 9.36 Å². The van der Waals surface area contributed by atoms with Crippen molar-refractivity contribution < 1.29 is 28.4 Å². The number of unbranched alkanes of at least 4 members (excludes halogenated alkanes) is 1. The van der Waals surface area contributed by atoms with Crippen LogP contribution in [-0.4, -0.2) is 42.2 Å². The lowest BCUT2D eigenvalue weighted by molar-refractivity contribution is 0.0829. The third-order valence-corrected chi connectivity index (χ3v) is 7.07. The Morgan fingerprint density at radius 2 is 1.97 bits per heavy atom. The quantitative estimate of drug-likeness (QED) is 0.115. The number of halogens is 1. The zero-order valence-corrected chi connectivity index (χ0v) is 22.5. The number of rotatable bonds is 12. The van der Waals surface area contributed by atoms with E-state index in [0.29, 0.717) is 51.0 Å². The Balaban J connectivity index is 1.40. The van der Waals surface area contributed by atoms with Crippen LogP contribution in [-0.2, 0) is 15.6 Å². The van der Waals surface area contributed by atoms with E-state index in [1.165, 1.54) is 25.5 Å². The maximum Gasteiger partial charge on any atom is 0.472 e. The lowest BCUT2D eigenvalue weighted by Crippen LogP contribution is -2.13. The third-order valence-electron chi connectivity index (χ3n) is 6.34. The summed E-state index contributed by atoms with van der Waals surface area (Å²) >= 11 is 6.65. The summed E-state index contributed by atoms with van der Waals surface area (Å²) in [6.45, 7) is 0.0501. The fourth-order valence-corrected chi connectivity index (χ4v) is 4.62. The molecule has 3 N–H and O–H groups in total. The number of phosphoric acid groups is 1. The van der Waals surface area contributed by atoms with Crippen LogP contribution < -0.4 is 10.1 Å². The SMILES string of the molecule is O=C(Nc1nn(CCCCC2CC2)c2nc(-c3ccc(OCOP(=O)(O)O)cc3)c(Cl)cc12)c1cccnc1. The second kappa shape index (κ2) is 11.8. The van der Waals surface area contributed by atoms with Gasteiger partial charge in [-0.15, -0.1) is 0 Å². The van der Waals surface area contributed by atoms with Gasteiger partial charge in [-0.2, -0.15) is 5.10 Å². The molecule has 3 heterocycles. The normalized spacial score (nSPS) is 13.5. The number of aryl methyl sites for hydroxylation is 1. The Morgan fingerprint density at radius 1 is 1.18 bits per heavy atom. The van der Waals surface area contributed by atoms with Gasteiger partial charge in [0.2, 0.25) is 0 Å². The number of benzene rings is 1. The fraction of sp³-hybridized carbons (Fsp3) is 0.308. The minimum atomic E-state index is -4.62. The van der Waals surface area contributed by atoms with E-state index in [1.807, 2.05) is 0 Å². The number of nitrogens with one attached hydrogen (secondary N) is 1. The number of ether oxygens (including phenoxy) is 1. The van der Waals surface area contributed by atoms with Crippen LogP contribution in [0, 0.1) is 5.92 Å². The summed E-state index contributed by atoms with van der Waals surface area (Å²) in [6.07, 6.45) is 8.97. The van der Waals surface area contributed by atoms with E-state index in [-0.39, 0.29) is 5.91 Å². The molecular formula is C26H27ClN5O6P. The maximum atomic E-state index is 12.8. The van der Waals surface area contributed by atoms with Crippen molar-refractivity contribution in [3.8, 4) is 17.0 Å². The Kier molecular flexibility index (Phi) is 8.25. The molecule has 5 rings (SSSR count). The highest BCUT2D eigenvalue weighted by atomic mass is 35.5. The van der Waals surface area contributed by atoms with Crippen LogP contribution in [0.5, 0.6) is 5.75 Å². The first-order valence-corrected chi connectivity index (χ1v) is 14.4. The second-order valence-electron chi connectivity index (χ2n) is 9.30. The molecule has 1 aliphatic carbocycles. The zero-order valence-electron chi connectivity index (χ0n) is 20.9. The van der Waals surface area contributed by atoms with Crippen molar-refractivity contribution in [2.24, 2.45) is 5.92 Å². The van der Waals surface area contributed by atoms with Crippen molar-refractivity contribution >= 4 is 42.2 Å². The summed E-state index contributed by atoms with van der Waals surface area (Å²) in [7, 11) is -4.62. The highest BCUT2D eigenvalue weighted by molar-refractivity contribution is 7.46. The number of amides is 1.